The number of carbonyl (C=O) groups is 1. The van der Waals surface area contributed by atoms with Crippen LogP contribution in [0.4, 0.5) is 8.78 Å². The van der Waals surface area contributed by atoms with Crippen molar-refractivity contribution in [2.45, 2.75) is 31.1 Å². The van der Waals surface area contributed by atoms with Crippen LogP contribution >= 0.6 is 0 Å². The van der Waals surface area contributed by atoms with Crippen molar-refractivity contribution in [2.24, 2.45) is 5.41 Å². The lowest BCUT2D eigenvalue weighted by Crippen LogP contribution is -2.49. The van der Waals surface area contributed by atoms with Crippen molar-refractivity contribution >= 4 is 5.97 Å². The van der Waals surface area contributed by atoms with E-state index in [1.165, 1.54) is 0 Å². The number of benzene rings is 1. The first kappa shape index (κ1) is 10.7. The second kappa shape index (κ2) is 3.06. The van der Waals surface area contributed by atoms with Gasteiger partial charge in [0.05, 0.1) is 5.41 Å². The highest BCUT2D eigenvalue weighted by molar-refractivity contribution is 5.83. The van der Waals surface area contributed by atoms with E-state index in [4.69, 9.17) is 0 Å². The largest absolute Gasteiger partial charge is 0.481 e. The lowest BCUT2D eigenvalue weighted by molar-refractivity contribution is -0.150. The molecule has 2 nitrogen and oxygen atoms in total. The molecule has 3 rings (SSSR count). The van der Waals surface area contributed by atoms with Crippen LogP contribution in [-0.4, -0.2) is 11.1 Å². The molecule has 0 atom stereocenters. The summed E-state index contributed by atoms with van der Waals surface area (Å²) in [4.78, 5) is 11.4. The molecule has 1 spiro atoms. The average Bonchev–Trinajstić information content (AvgIpc) is 2.91. The third-order valence-electron chi connectivity index (χ3n) is 4.14. The molecular formula is C13H12F2O2. The molecular weight excluding hydrogens is 226 g/mol. The van der Waals surface area contributed by atoms with Crippen LogP contribution < -0.4 is 0 Å². The van der Waals surface area contributed by atoms with Crippen molar-refractivity contribution in [1.82, 2.24) is 0 Å². The molecule has 2 saturated carbocycles. The summed E-state index contributed by atoms with van der Waals surface area (Å²) >= 11 is 0. The normalized spacial score (nSPS) is 23.2. The summed E-state index contributed by atoms with van der Waals surface area (Å²) in [5.41, 5.74) is -0.652. The van der Waals surface area contributed by atoms with Gasteiger partial charge in [0.25, 0.3) is 0 Å². The predicted octanol–water partition coefficient (Wildman–Crippen LogP) is 2.86. The first-order chi connectivity index (χ1) is 7.96. The van der Waals surface area contributed by atoms with Crippen LogP contribution in [0, 0.1) is 17.0 Å². The van der Waals surface area contributed by atoms with Gasteiger partial charge in [-0.1, -0.05) is 0 Å². The number of halogens is 2. The molecule has 0 radical (unpaired) electrons. The van der Waals surface area contributed by atoms with E-state index in [1.54, 1.807) is 0 Å². The predicted molar refractivity (Wildman–Crippen MR) is 56.6 cm³/mol. The minimum atomic E-state index is -1.07. The van der Waals surface area contributed by atoms with Crippen LogP contribution in [0.15, 0.2) is 18.2 Å². The fraction of sp³-hybridized carbons (Fsp3) is 0.462. The Morgan fingerprint density at radius 2 is 1.65 bits per heavy atom. The lowest BCUT2D eigenvalue weighted by Gasteiger charge is -2.45. The summed E-state index contributed by atoms with van der Waals surface area (Å²) < 4.78 is 26.3. The first-order valence-corrected chi connectivity index (χ1v) is 5.66. The van der Waals surface area contributed by atoms with Crippen molar-refractivity contribution in [2.75, 3.05) is 0 Å². The van der Waals surface area contributed by atoms with Crippen LogP contribution in [0.5, 0.6) is 0 Å². The molecule has 0 aromatic heterocycles. The molecule has 0 heterocycles. The molecule has 2 aliphatic rings. The second-order valence-electron chi connectivity index (χ2n) is 5.40. The molecule has 90 valence electrons. The van der Waals surface area contributed by atoms with Crippen molar-refractivity contribution < 1.29 is 18.7 Å². The Balaban J connectivity index is 2.02. The van der Waals surface area contributed by atoms with Gasteiger partial charge in [-0.05, 0) is 48.8 Å². The lowest BCUT2D eigenvalue weighted by atomic mass is 9.56. The van der Waals surface area contributed by atoms with E-state index in [0.717, 1.165) is 31.0 Å². The Morgan fingerprint density at radius 1 is 1.12 bits per heavy atom. The molecule has 1 aromatic carbocycles. The summed E-state index contributed by atoms with van der Waals surface area (Å²) in [6, 6.07) is 3.06. The maximum atomic E-state index is 13.2. The number of aliphatic carboxylic acids is 1. The van der Waals surface area contributed by atoms with Crippen molar-refractivity contribution in [1.29, 1.82) is 0 Å². The molecule has 1 aromatic rings. The number of carboxylic acid groups (broad SMARTS) is 1. The summed E-state index contributed by atoms with van der Waals surface area (Å²) in [6.07, 6.45) is 3.11. The van der Waals surface area contributed by atoms with Gasteiger partial charge in [-0.15, -0.1) is 0 Å². The van der Waals surface area contributed by atoms with E-state index in [0.29, 0.717) is 12.8 Å². The van der Waals surface area contributed by atoms with E-state index in [9.17, 15) is 18.7 Å². The van der Waals surface area contributed by atoms with E-state index in [-0.39, 0.29) is 11.0 Å². The van der Waals surface area contributed by atoms with E-state index in [2.05, 4.69) is 0 Å². The van der Waals surface area contributed by atoms with Gasteiger partial charge in [-0.3, -0.25) is 4.79 Å². The minimum absolute atomic E-state index is 0.154. The Morgan fingerprint density at radius 3 is 2.06 bits per heavy atom. The average molecular weight is 238 g/mol. The molecule has 4 heteroatoms. The molecule has 1 N–H and O–H groups in total. The topological polar surface area (TPSA) is 37.3 Å². The maximum Gasteiger partial charge on any atom is 0.314 e. The smallest absolute Gasteiger partial charge is 0.314 e. The Labute approximate surface area is 97.3 Å². The zero-order valence-electron chi connectivity index (χ0n) is 9.17. The molecule has 0 aliphatic heterocycles. The number of rotatable bonds is 2. The van der Waals surface area contributed by atoms with Gasteiger partial charge in [0.2, 0.25) is 0 Å². The molecule has 0 unspecified atom stereocenters. The van der Waals surface area contributed by atoms with E-state index in [1.807, 2.05) is 0 Å². The molecule has 2 aliphatic carbocycles. The standard InChI is InChI=1S/C13H12F2O2/c14-9-3-8(4-10(15)5-9)13(11(16)17)6-12(7-13)1-2-12/h3-5H,1-2,6-7H2,(H,16,17). The van der Waals surface area contributed by atoms with Gasteiger partial charge < -0.3 is 5.11 Å². The van der Waals surface area contributed by atoms with Crippen LogP contribution in [0.1, 0.15) is 31.2 Å². The molecule has 0 saturated heterocycles. The summed E-state index contributed by atoms with van der Waals surface area (Å²) in [7, 11) is 0. The highest BCUT2D eigenvalue weighted by Gasteiger charge is 2.65. The summed E-state index contributed by atoms with van der Waals surface area (Å²) in [6.45, 7) is 0. The fourth-order valence-electron chi connectivity index (χ4n) is 3.07. The zero-order chi connectivity index (χ0) is 12.3. The molecule has 0 amide bonds. The minimum Gasteiger partial charge on any atom is -0.481 e. The summed E-state index contributed by atoms with van der Waals surface area (Å²) in [5, 5.41) is 9.33. The van der Waals surface area contributed by atoms with Crippen molar-refractivity contribution in [3.63, 3.8) is 0 Å². The van der Waals surface area contributed by atoms with Crippen molar-refractivity contribution in [3.05, 3.63) is 35.4 Å². The Hall–Kier alpha value is -1.45. The van der Waals surface area contributed by atoms with Gasteiger partial charge >= 0.3 is 5.97 Å². The maximum absolute atomic E-state index is 13.2. The second-order valence-corrected chi connectivity index (χ2v) is 5.40. The van der Waals surface area contributed by atoms with Gasteiger partial charge in [-0.2, -0.15) is 0 Å². The van der Waals surface area contributed by atoms with Crippen LogP contribution in [0.2, 0.25) is 0 Å². The fourth-order valence-corrected chi connectivity index (χ4v) is 3.07. The quantitative estimate of drug-likeness (QED) is 0.860. The highest BCUT2D eigenvalue weighted by Crippen LogP contribution is 2.69. The number of hydrogen-bond acceptors (Lipinski definition) is 1. The molecule has 17 heavy (non-hydrogen) atoms. The highest BCUT2D eigenvalue weighted by atomic mass is 19.1. The first-order valence-electron chi connectivity index (χ1n) is 5.66. The van der Waals surface area contributed by atoms with E-state index < -0.39 is 23.0 Å². The number of hydrogen-bond donors (Lipinski definition) is 1. The third-order valence-corrected chi connectivity index (χ3v) is 4.14. The van der Waals surface area contributed by atoms with Gasteiger partial charge in [0.1, 0.15) is 11.6 Å². The number of carboxylic acids is 1. The zero-order valence-corrected chi connectivity index (χ0v) is 9.17. The van der Waals surface area contributed by atoms with E-state index >= 15 is 0 Å². The Bertz CT molecular complexity index is 478. The Kier molecular flexibility index (Phi) is 1.92. The van der Waals surface area contributed by atoms with Crippen LogP contribution in [0.25, 0.3) is 0 Å². The van der Waals surface area contributed by atoms with Crippen LogP contribution in [-0.2, 0) is 10.2 Å². The van der Waals surface area contributed by atoms with Gasteiger partial charge in [0.15, 0.2) is 0 Å². The SMILES string of the molecule is O=C(O)C1(c2cc(F)cc(F)c2)CC2(CC2)C1. The van der Waals surface area contributed by atoms with Gasteiger partial charge in [-0.25, -0.2) is 8.78 Å². The molecule has 2 fully saturated rings. The monoisotopic (exact) mass is 238 g/mol. The summed E-state index contributed by atoms with van der Waals surface area (Å²) in [5.74, 6) is -2.39. The molecule has 0 bridgehead atoms. The van der Waals surface area contributed by atoms with Crippen molar-refractivity contribution in [3.8, 4) is 0 Å². The van der Waals surface area contributed by atoms with Gasteiger partial charge in [0, 0.05) is 6.07 Å². The third kappa shape index (κ3) is 1.47. The van der Waals surface area contributed by atoms with Crippen LogP contribution in [0.3, 0.4) is 0 Å².